The zero-order valence-corrected chi connectivity index (χ0v) is 11.0. The Balaban J connectivity index is 1.68. The lowest BCUT2D eigenvalue weighted by Crippen LogP contribution is -2.51. The molecule has 19 heavy (non-hydrogen) atoms. The standard InChI is InChI=1S/C12H19N3O4/c1-13-7-11(18)15(12(13)19)4-2-3-10(17)14-5-9(6-14)8-16/h9,16H,2-8H2,1H3. The van der Waals surface area contributed by atoms with Crippen LogP contribution in [-0.4, -0.2) is 77.5 Å². The van der Waals surface area contributed by atoms with E-state index in [4.69, 9.17) is 5.11 Å². The van der Waals surface area contributed by atoms with E-state index in [1.807, 2.05) is 0 Å². The summed E-state index contributed by atoms with van der Waals surface area (Å²) in [5.41, 5.74) is 0. The highest BCUT2D eigenvalue weighted by molar-refractivity contribution is 6.01. The van der Waals surface area contributed by atoms with Crippen LogP contribution in [0.1, 0.15) is 12.8 Å². The van der Waals surface area contributed by atoms with Gasteiger partial charge in [0.1, 0.15) is 6.54 Å². The third-order valence-corrected chi connectivity index (χ3v) is 3.57. The Morgan fingerprint density at radius 2 is 2.05 bits per heavy atom. The number of rotatable bonds is 5. The van der Waals surface area contributed by atoms with Crippen molar-refractivity contribution in [1.82, 2.24) is 14.7 Å². The van der Waals surface area contributed by atoms with Crippen molar-refractivity contribution in [2.24, 2.45) is 5.92 Å². The predicted octanol–water partition coefficient (Wildman–Crippen LogP) is -0.889. The molecule has 0 aromatic rings. The molecule has 2 rings (SSSR count). The van der Waals surface area contributed by atoms with Crippen LogP contribution in [0.25, 0.3) is 0 Å². The van der Waals surface area contributed by atoms with Crippen molar-refractivity contribution in [1.29, 1.82) is 0 Å². The van der Waals surface area contributed by atoms with Crippen molar-refractivity contribution in [3.8, 4) is 0 Å². The van der Waals surface area contributed by atoms with Crippen molar-refractivity contribution in [2.45, 2.75) is 12.8 Å². The van der Waals surface area contributed by atoms with Crippen molar-refractivity contribution < 1.29 is 19.5 Å². The van der Waals surface area contributed by atoms with Crippen molar-refractivity contribution >= 4 is 17.8 Å². The van der Waals surface area contributed by atoms with Gasteiger partial charge in [-0.3, -0.25) is 14.5 Å². The summed E-state index contributed by atoms with van der Waals surface area (Å²) < 4.78 is 0. The van der Waals surface area contributed by atoms with Crippen molar-refractivity contribution in [3.63, 3.8) is 0 Å². The Bertz CT molecular complexity index is 392. The second-order valence-corrected chi connectivity index (χ2v) is 5.13. The number of amides is 4. The zero-order valence-electron chi connectivity index (χ0n) is 11.0. The van der Waals surface area contributed by atoms with Crippen LogP contribution in [0.5, 0.6) is 0 Å². The predicted molar refractivity (Wildman–Crippen MR) is 66.1 cm³/mol. The lowest BCUT2D eigenvalue weighted by Gasteiger charge is -2.38. The molecular weight excluding hydrogens is 250 g/mol. The van der Waals surface area contributed by atoms with Gasteiger partial charge in [0.2, 0.25) is 11.8 Å². The third-order valence-electron chi connectivity index (χ3n) is 3.57. The molecule has 0 unspecified atom stereocenters. The summed E-state index contributed by atoms with van der Waals surface area (Å²) in [6.07, 6.45) is 0.823. The highest BCUT2D eigenvalue weighted by atomic mass is 16.3. The minimum atomic E-state index is -0.290. The van der Waals surface area contributed by atoms with Crippen molar-refractivity contribution in [2.75, 3.05) is 39.8 Å². The maximum Gasteiger partial charge on any atom is 0.326 e. The van der Waals surface area contributed by atoms with Crippen LogP contribution in [0.3, 0.4) is 0 Å². The van der Waals surface area contributed by atoms with Crippen LogP contribution in [0.4, 0.5) is 4.79 Å². The SMILES string of the molecule is CN1CC(=O)N(CCCC(=O)N2CC(CO)C2)C1=O. The van der Waals surface area contributed by atoms with Gasteiger partial charge in [0, 0.05) is 45.6 Å². The molecule has 2 aliphatic rings. The first-order valence-corrected chi connectivity index (χ1v) is 6.47. The molecule has 7 heteroatoms. The molecule has 7 nitrogen and oxygen atoms in total. The van der Waals surface area contributed by atoms with Gasteiger partial charge in [-0.2, -0.15) is 0 Å². The van der Waals surface area contributed by atoms with E-state index in [9.17, 15) is 14.4 Å². The van der Waals surface area contributed by atoms with Gasteiger partial charge in [-0.15, -0.1) is 0 Å². The molecule has 0 bridgehead atoms. The second kappa shape index (κ2) is 5.56. The quantitative estimate of drug-likeness (QED) is 0.657. The summed E-state index contributed by atoms with van der Waals surface area (Å²) in [5, 5.41) is 8.86. The lowest BCUT2D eigenvalue weighted by molar-refractivity contribution is -0.138. The van der Waals surface area contributed by atoms with Crippen LogP contribution < -0.4 is 0 Å². The fourth-order valence-corrected chi connectivity index (χ4v) is 2.32. The van der Waals surface area contributed by atoms with Crippen LogP contribution in [0.15, 0.2) is 0 Å². The lowest BCUT2D eigenvalue weighted by atomic mass is 10.0. The van der Waals surface area contributed by atoms with E-state index in [0.29, 0.717) is 32.5 Å². The fraction of sp³-hybridized carbons (Fsp3) is 0.750. The highest BCUT2D eigenvalue weighted by Crippen LogP contribution is 2.16. The summed E-state index contributed by atoms with van der Waals surface area (Å²) in [4.78, 5) is 39.1. The normalized spacial score (nSPS) is 20.2. The number of imide groups is 1. The molecule has 1 N–H and O–H groups in total. The Kier molecular flexibility index (Phi) is 4.04. The summed E-state index contributed by atoms with van der Waals surface area (Å²) in [5.74, 6) is 0.0285. The Morgan fingerprint density at radius 1 is 1.37 bits per heavy atom. The Hall–Kier alpha value is -1.63. The van der Waals surface area contributed by atoms with Gasteiger partial charge in [-0.05, 0) is 6.42 Å². The number of likely N-dealkylation sites (N-methyl/N-ethyl adjacent to an activating group) is 1. The third kappa shape index (κ3) is 2.86. The van der Waals surface area contributed by atoms with Crippen molar-refractivity contribution in [3.05, 3.63) is 0 Å². The monoisotopic (exact) mass is 269 g/mol. The molecule has 0 saturated carbocycles. The molecule has 0 radical (unpaired) electrons. The first kappa shape index (κ1) is 13.8. The number of nitrogens with zero attached hydrogens (tertiary/aromatic N) is 3. The van der Waals surface area contributed by atoms with Gasteiger partial charge in [0.05, 0.1) is 0 Å². The second-order valence-electron chi connectivity index (χ2n) is 5.13. The molecule has 106 valence electrons. The van der Waals surface area contributed by atoms with E-state index < -0.39 is 0 Å². The number of hydrogen-bond acceptors (Lipinski definition) is 4. The Labute approximate surface area is 111 Å². The van der Waals surface area contributed by atoms with E-state index in [1.165, 1.54) is 9.80 Å². The number of aliphatic hydroxyl groups is 1. The summed E-state index contributed by atoms with van der Waals surface area (Å²) >= 11 is 0. The van der Waals surface area contributed by atoms with Crippen LogP contribution in [-0.2, 0) is 9.59 Å². The molecule has 0 aromatic heterocycles. The largest absolute Gasteiger partial charge is 0.396 e. The van der Waals surface area contributed by atoms with Gasteiger partial charge < -0.3 is 14.9 Å². The zero-order chi connectivity index (χ0) is 14.0. The minimum absolute atomic E-state index is 0.0251. The van der Waals surface area contributed by atoms with E-state index in [2.05, 4.69) is 0 Å². The van der Waals surface area contributed by atoms with Gasteiger partial charge in [0.15, 0.2) is 0 Å². The summed E-state index contributed by atoms with van der Waals surface area (Å²) in [7, 11) is 1.58. The smallest absolute Gasteiger partial charge is 0.326 e. The molecule has 4 amide bonds. The highest BCUT2D eigenvalue weighted by Gasteiger charge is 2.33. The average Bonchev–Trinajstić information content (AvgIpc) is 2.54. The van der Waals surface area contributed by atoms with Crippen LogP contribution >= 0.6 is 0 Å². The maximum absolute atomic E-state index is 11.7. The van der Waals surface area contributed by atoms with Gasteiger partial charge >= 0.3 is 6.03 Å². The van der Waals surface area contributed by atoms with Gasteiger partial charge in [-0.1, -0.05) is 0 Å². The number of carbonyl (C=O) groups is 3. The number of carbonyl (C=O) groups excluding carboxylic acids is 3. The number of urea groups is 1. The molecular formula is C12H19N3O4. The van der Waals surface area contributed by atoms with E-state index >= 15 is 0 Å². The number of aliphatic hydroxyl groups excluding tert-OH is 1. The van der Waals surface area contributed by atoms with E-state index in [1.54, 1.807) is 11.9 Å². The molecule has 0 aromatic carbocycles. The number of likely N-dealkylation sites (tertiary alicyclic amines) is 1. The average molecular weight is 269 g/mol. The van der Waals surface area contributed by atoms with E-state index in [-0.39, 0.29) is 36.9 Å². The van der Waals surface area contributed by atoms with Gasteiger partial charge in [0.25, 0.3) is 0 Å². The van der Waals surface area contributed by atoms with Crippen LogP contribution in [0.2, 0.25) is 0 Å². The fourth-order valence-electron chi connectivity index (χ4n) is 2.32. The minimum Gasteiger partial charge on any atom is -0.396 e. The number of hydrogen-bond donors (Lipinski definition) is 1. The molecule has 0 atom stereocenters. The first-order valence-electron chi connectivity index (χ1n) is 6.47. The summed E-state index contributed by atoms with van der Waals surface area (Å²) in [6, 6.07) is -0.290. The molecule has 2 heterocycles. The molecule has 2 saturated heterocycles. The van der Waals surface area contributed by atoms with Crippen LogP contribution in [0, 0.1) is 5.92 Å². The van der Waals surface area contributed by atoms with Gasteiger partial charge in [-0.25, -0.2) is 4.79 Å². The Morgan fingerprint density at radius 3 is 2.58 bits per heavy atom. The van der Waals surface area contributed by atoms with E-state index in [0.717, 1.165) is 0 Å². The summed E-state index contributed by atoms with van der Waals surface area (Å²) in [6.45, 7) is 1.76. The maximum atomic E-state index is 11.7. The molecule has 0 aliphatic carbocycles. The first-order chi connectivity index (χ1) is 9.02. The molecule has 2 aliphatic heterocycles. The molecule has 0 spiro atoms. The molecule has 2 fully saturated rings. The topological polar surface area (TPSA) is 81.2 Å².